The summed E-state index contributed by atoms with van der Waals surface area (Å²) in [5.74, 6) is -1.60. The minimum absolute atomic E-state index is 0.103. The third-order valence-corrected chi connectivity index (χ3v) is 2.56. The predicted octanol–water partition coefficient (Wildman–Crippen LogP) is 0.985. The SMILES string of the molecule is COC(=O)[C@H]1CCN(C(=O)OC(C)(C)C)CC1=O. The number of hydrogen-bond acceptors (Lipinski definition) is 5. The molecule has 1 saturated heterocycles. The fourth-order valence-electron chi connectivity index (χ4n) is 1.70. The van der Waals surface area contributed by atoms with Crippen LogP contribution in [0.2, 0.25) is 0 Å². The molecule has 6 nitrogen and oxygen atoms in total. The van der Waals surface area contributed by atoms with Crippen LogP contribution in [-0.4, -0.2) is 48.5 Å². The average Bonchev–Trinajstić information content (AvgIpc) is 2.25. The largest absolute Gasteiger partial charge is 0.468 e. The summed E-state index contributed by atoms with van der Waals surface area (Å²) in [5, 5.41) is 0. The first-order valence-electron chi connectivity index (χ1n) is 5.83. The van der Waals surface area contributed by atoms with Gasteiger partial charge in [0.2, 0.25) is 0 Å². The molecule has 0 radical (unpaired) electrons. The standard InChI is InChI=1S/C12H19NO5/c1-12(2,3)18-11(16)13-6-5-8(9(14)7-13)10(15)17-4/h8H,5-7H2,1-4H3/t8-/m0/s1. The molecule has 1 heterocycles. The molecule has 0 spiro atoms. The van der Waals surface area contributed by atoms with E-state index in [0.29, 0.717) is 6.54 Å². The van der Waals surface area contributed by atoms with E-state index in [1.807, 2.05) is 0 Å². The van der Waals surface area contributed by atoms with Crippen LogP contribution in [0.15, 0.2) is 0 Å². The van der Waals surface area contributed by atoms with Crippen molar-refractivity contribution < 1.29 is 23.9 Å². The molecule has 102 valence electrons. The monoisotopic (exact) mass is 257 g/mol. The number of amides is 1. The third-order valence-electron chi connectivity index (χ3n) is 2.56. The van der Waals surface area contributed by atoms with E-state index in [2.05, 4.69) is 4.74 Å². The number of likely N-dealkylation sites (tertiary alicyclic amines) is 1. The summed E-state index contributed by atoms with van der Waals surface area (Å²) in [6.45, 7) is 5.49. The van der Waals surface area contributed by atoms with Crippen molar-refractivity contribution in [3.8, 4) is 0 Å². The minimum atomic E-state index is -0.756. The van der Waals surface area contributed by atoms with Crippen molar-refractivity contribution in [2.24, 2.45) is 5.92 Å². The van der Waals surface area contributed by atoms with Crippen molar-refractivity contribution in [2.45, 2.75) is 32.8 Å². The molecule has 0 aromatic heterocycles. The fourth-order valence-corrected chi connectivity index (χ4v) is 1.70. The molecule has 6 heteroatoms. The second kappa shape index (κ2) is 5.37. The highest BCUT2D eigenvalue weighted by Crippen LogP contribution is 2.18. The number of carbonyl (C=O) groups excluding carboxylic acids is 3. The van der Waals surface area contributed by atoms with Crippen LogP contribution in [-0.2, 0) is 19.1 Å². The number of piperidine rings is 1. The van der Waals surface area contributed by atoms with Gasteiger partial charge in [-0.1, -0.05) is 0 Å². The van der Waals surface area contributed by atoms with E-state index in [-0.39, 0.29) is 18.7 Å². The van der Waals surface area contributed by atoms with Gasteiger partial charge in [-0.25, -0.2) is 4.79 Å². The molecule has 0 saturated carbocycles. The number of nitrogens with zero attached hydrogens (tertiary/aromatic N) is 1. The average molecular weight is 257 g/mol. The number of carbonyl (C=O) groups is 3. The van der Waals surface area contributed by atoms with Crippen LogP contribution in [0.3, 0.4) is 0 Å². The number of esters is 1. The Hall–Kier alpha value is -1.59. The molecule has 0 aliphatic carbocycles. The summed E-state index contributed by atoms with van der Waals surface area (Å²) in [7, 11) is 1.25. The first-order chi connectivity index (χ1) is 8.24. The molecule has 0 aromatic carbocycles. The molecule has 0 aromatic rings. The zero-order chi connectivity index (χ0) is 13.9. The van der Waals surface area contributed by atoms with E-state index in [1.165, 1.54) is 12.0 Å². The van der Waals surface area contributed by atoms with E-state index in [0.717, 1.165) is 0 Å². The fraction of sp³-hybridized carbons (Fsp3) is 0.750. The van der Waals surface area contributed by atoms with E-state index >= 15 is 0 Å². The highest BCUT2D eigenvalue weighted by molar-refractivity contribution is 6.01. The first kappa shape index (κ1) is 14.5. The van der Waals surface area contributed by atoms with Crippen LogP contribution in [0.5, 0.6) is 0 Å². The number of ether oxygens (including phenoxy) is 2. The Kier molecular flexibility index (Phi) is 4.32. The first-order valence-corrected chi connectivity index (χ1v) is 5.83. The van der Waals surface area contributed by atoms with Gasteiger partial charge in [0, 0.05) is 6.54 Å². The number of methoxy groups -OCH3 is 1. The Bertz CT molecular complexity index is 358. The topological polar surface area (TPSA) is 72.9 Å². The molecule has 1 aliphatic rings. The Balaban J connectivity index is 2.58. The van der Waals surface area contributed by atoms with Gasteiger partial charge in [0.15, 0.2) is 5.78 Å². The normalized spacial score (nSPS) is 20.6. The maximum absolute atomic E-state index is 11.7. The van der Waals surface area contributed by atoms with Crippen LogP contribution in [0.25, 0.3) is 0 Å². The summed E-state index contributed by atoms with van der Waals surface area (Å²) in [5.41, 5.74) is -0.598. The molecule has 1 amide bonds. The smallest absolute Gasteiger partial charge is 0.410 e. The van der Waals surface area contributed by atoms with Gasteiger partial charge in [0.05, 0.1) is 13.7 Å². The number of rotatable bonds is 1. The van der Waals surface area contributed by atoms with Crippen LogP contribution >= 0.6 is 0 Å². The Morgan fingerprint density at radius 3 is 2.39 bits per heavy atom. The lowest BCUT2D eigenvalue weighted by Crippen LogP contribution is -2.48. The minimum Gasteiger partial charge on any atom is -0.468 e. The van der Waals surface area contributed by atoms with Crippen LogP contribution in [0.1, 0.15) is 27.2 Å². The van der Waals surface area contributed by atoms with Gasteiger partial charge in [0.25, 0.3) is 0 Å². The zero-order valence-corrected chi connectivity index (χ0v) is 11.2. The van der Waals surface area contributed by atoms with Gasteiger partial charge in [0.1, 0.15) is 11.5 Å². The lowest BCUT2D eigenvalue weighted by Gasteiger charge is -2.31. The van der Waals surface area contributed by atoms with Gasteiger partial charge in [-0.15, -0.1) is 0 Å². The molecule has 1 rings (SSSR count). The molecule has 0 bridgehead atoms. The molecule has 18 heavy (non-hydrogen) atoms. The third kappa shape index (κ3) is 3.72. The Labute approximate surface area is 106 Å². The van der Waals surface area contributed by atoms with Crippen LogP contribution in [0.4, 0.5) is 4.79 Å². The number of Topliss-reactive ketones (excluding diaryl/α,β-unsaturated/α-hetero) is 1. The van der Waals surface area contributed by atoms with Crippen molar-refractivity contribution >= 4 is 17.8 Å². The molecular formula is C12H19NO5. The lowest BCUT2D eigenvalue weighted by molar-refractivity contribution is -0.151. The summed E-state index contributed by atoms with van der Waals surface area (Å²) < 4.78 is 9.71. The molecule has 1 fully saturated rings. The lowest BCUT2D eigenvalue weighted by atomic mass is 9.96. The molecule has 0 unspecified atom stereocenters. The number of hydrogen-bond donors (Lipinski definition) is 0. The van der Waals surface area contributed by atoms with E-state index in [9.17, 15) is 14.4 Å². The zero-order valence-electron chi connectivity index (χ0n) is 11.2. The van der Waals surface area contributed by atoms with E-state index < -0.39 is 23.6 Å². The van der Waals surface area contributed by atoms with Crippen LogP contribution < -0.4 is 0 Å². The van der Waals surface area contributed by atoms with Gasteiger partial charge < -0.3 is 14.4 Å². The summed E-state index contributed by atoms with van der Waals surface area (Å²) >= 11 is 0. The second-order valence-corrected chi connectivity index (χ2v) is 5.23. The predicted molar refractivity (Wildman–Crippen MR) is 62.9 cm³/mol. The summed E-state index contributed by atoms with van der Waals surface area (Å²) in [4.78, 5) is 36.1. The summed E-state index contributed by atoms with van der Waals surface area (Å²) in [6.07, 6.45) is -0.246. The van der Waals surface area contributed by atoms with Gasteiger partial charge in [-0.05, 0) is 27.2 Å². The quantitative estimate of drug-likeness (QED) is 0.517. The van der Waals surface area contributed by atoms with E-state index in [4.69, 9.17) is 4.74 Å². The number of ketones is 1. The second-order valence-electron chi connectivity index (χ2n) is 5.23. The van der Waals surface area contributed by atoms with Crippen molar-refractivity contribution in [1.29, 1.82) is 0 Å². The van der Waals surface area contributed by atoms with Crippen molar-refractivity contribution in [2.75, 3.05) is 20.2 Å². The van der Waals surface area contributed by atoms with Gasteiger partial charge in [-0.3, -0.25) is 9.59 Å². The molecule has 1 aliphatic heterocycles. The molecular weight excluding hydrogens is 238 g/mol. The Morgan fingerprint density at radius 2 is 1.94 bits per heavy atom. The van der Waals surface area contributed by atoms with Crippen molar-refractivity contribution in [3.05, 3.63) is 0 Å². The van der Waals surface area contributed by atoms with Gasteiger partial charge >= 0.3 is 12.1 Å². The molecule has 1 atom stereocenters. The highest BCUT2D eigenvalue weighted by atomic mass is 16.6. The van der Waals surface area contributed by atoms with Gasteiger partial charge in [-0.2, -0.15) is 0 Å². The highest BCUT2D eigenvalue weighted by Gasteiger charge is 2.36. The maximum Gasteiger partial charge on any atom is 0.410 e. The van der Waals surface area contributed by atoms with E-state index in [1.54, 1.807) is 20.8 Å². The van der Waals surface area contributed by atoms with Crippen LogP contribution in [0, 0.1) is 5.92 Å². The van der Waals surface area contributed by atoms with Crippen molar-refractivity contribution in [1.82, 2.24) is 4.90 Å². The Morgan fingerprint density at radius 1 is 1.33 bits per heavy atom. The van der Waals surface area contributed by atoms with Crippen molar-refractivity contribution in [3.63, 3.8) is 0 Å². The summed E-state index contributed by atoms with van der Waals surface area (Å²) in [6, 6.07) is 0. The molecule has 0 N–H and O–H groups in total. The maximum atomic E-state index is 11.7.